The van der Waals surface area contributed by atoms with Gasteiger partial charge in [-0.05, 0) is 38.3 Å². The van der Waals surface area contributed by atoms with Crippen molar-refractivity contribution in [2.45, 2.75) is 44.2 Å². The van der Waals surface area contributed by atoms with Gasteiger partial charge in [0.1, 0.15) is 0 Å². The SMILES string of the molecule is CCNC1CCC(O)(c2cccnc2)CC1. The third kappa shape index (κ3) is 2.42. The zero-order chi connectivity index (χ0) is 11.4. The normalized spacial score (nSPS) is 30.2. The Hall–Kier alpha value is -0.930. The minimum absolute atomic E-state index is 0.571. The molecule has 0 amide bonds. The Labute approximate surface area is 96.9 Å². The summed E-state index contributed by atoms with van der Waals surface area (Å²) < 4.78 is 0. The maximum atomic E-state index is 10.6. The Balaban J connectivity index is 2.01. The maximum absolute atomic E-state index is 10.6. The molecular formula is C13H20N2O. The predicted octanol–water partition coefficient (Wildman–Crippen LogP) is 1.82. The number of aliphatic hydroxyl groups is 1. The fraction of sp³-hybridized carbons (Fsp3) is 0.615. The van der Waals surface area contributed by atoms with Gasteiger partial charge in [-0.3, -0.25) is 4.98 Å². The molecule has 16 heavy (non-hydrogen) atoms. The molecule has 2 rings (SSSR count). The van der Waals surface area contributed by atoms with Crippen molar-refractivity contribution < 1.29 is 5.11 Å². The number of pyridine rings is 1. The average molecular weight is 220 g/mol. The molecule has 0 atom stereocenters. The fourth-order valence-corrected chi connectivity index (χ4v) is 2.51. The van der Waals surface area contributed by atoms with Crippen LogP contribution >= 0.6 is 0 Å². The lowest BCUT2D eigenvalue weighted by atomic mass is 9.78. The highest BCUT2D eigenvalue weighted by Crippen LogP contribution is 2.36. The van der Waals surface area contributed by atoms with E-state index in [-0.39, 0.29) is 0 Å². The standard InChI is InChI=1S/C13H20N2O/c1-2-15-12-5-7-13(16,8-6-12)11-4-3-9-14-10-11/h3-4,9-10,12,15-16H,2,5-8H2,1H3. The summed E-state index contributed by atoms with van der Waals surface area (Å²) in [5.74, 6) is 0. The van der Waals surface area contributed by atoms with E-state index in [4.69, 9.17) is 0 Å². The van der Waals surface area contributed by atoms with E-state index >= 15 is 0 Å². The topological polar surface area (TPSA) is 45.1 Å². The van der Waals surface area contributed by atoms with Crippen LogP contribution in [0.15, 0.2) is 24.5 Å². The number of nitrogens with zero attached hydrogens (tertiary/aromatic N) is 1. The van der Waals surface area contributed by atoms with Crippen LogP contribution in [0.2, 0.25) is 0 Å². The first-order chi connectivity index (χ1) is 7.74. The van der Waals surface area contributed by atoms with Crippen molar-refractivity contribution in [3.05, 3.63) is 30.1 Å². The second-order valence-corrected chi connectivity index (χ2v) is 4.61. The van der Waals surface area contributed by atoms with Gasteiger partial charge in [0.2, 0.25) is 0 Å². The molecule has 1 aromatic heterocycles. The van der Waals surface area contributed by atoms with Gasteiger partial charge in [-0.1, -0.05) is 13.0 Å². The average Bonchev–Trinajstić information content (AvgIpc) is 2.34. The molecule has 1 saturated carbocycles. The van der Waals surface area contributed by atoms with E-state index in [0.717, 1.165) is 37.8 Å². The van der Waals surface area contributed by atoms with Gasteiger partial charge in [0.15, 0.2) is 0 Å². The number of nitrogens with one attached hydrogen (secondary N) is 1. The number of hydrogen-bond donors (Lipinski definition) is 2. The summed E-state index contributed by atoms with van der Waals surface area (Å²) in [6.45, 7) is 3.14. The molecule has 1 heterocycles. The van der Waals surface area contributed by atoms with Crippen molar-refractivity contribution in [2.75, 3.05) is 6.54 Å². The molecule has 0 saturated heterocycles. The Morgan fingerprint density at radius 2 is 2.25 bits per heavy atom. The molecule has 1 aliphatic rings. The molecule has 0 radical (unpaired) electrons. The number of aromatic nitrogens is 1. The van der Waals surface area contributed by atoms with E-state index in [1.807, 2.05) is 12.1 Å². The molecule has 2 N–H and O–H groups in total. The Kier molecular flexibility index (Phi) is 3.56. The predicted molar refractivity (Wildman–Crippen MR) is 64.1 cm³/mol. The monoisotopic (exact) mass is 220 g/mol. The lowest BCUT2D eigenvalue weighted by Crippen LogP contribution is -2.39. The molecule has 0 aromatic carbocycles. The highest BCUT2D eigenvalue weighted by Gasteiger charge is 2.34. The van der Waals surface area contributed by atoms with E-state index in [9.17, 15) is 5.11 Å². The van der Waals surface area contributed by atoms with Crippen molar-refractivity contribution in [1.29, 1.82) is 0 Å². The van der Waals surface area contributed by atoms with Crippen LogP contribution in [0, 0.1) is 0 Å². The van der Waals surface area contributed by atoms with E-state index in [2.05, 4.69) is 17.2 Å². The lowest BCUT2D eigenvalue weighted by Gasteiger charge is -2.36. The smallest absolute Gasteiger partial charge is 0.0912 e. The lowest BCUT2D eigenvalue weighted by molar-refractivity contribution is -0.00843. The van der Waals surface area contributed by atoms with Crippen LogP contribution < -0.4 is 5.32 Å². The summed E-state index contributed by atoms with van der Waals surface area (Å²) in [5, 5.41) is 14.0. The van der Waals surface area contributed by atoms with E-state index in [1.165, 1.54) is 0 Å². The van der Waals surface area contributed by atoms with Gasteiger partial charge in [-0.15, -0.1) is 0 Å². The summed E-state index contributed by atoms with van der Waals surface area (Å²) >= 11 is 0. The molecular weight excluding hydrogens is 200 g/mol. The maximum Gasteiger partial charge on any atom is 0.0912 e. The van der Waals surface area contributed by atoms with Crippen LogP contribution in [-0.4, -0.2) is 22.7 Å². The Morgan fingerprint density at radius 3 is 2.81 bits per heavy atom. The first-order valence-corrected chi connectivity index (χ1v) is 6.11. The highest BCUT2D eigenvalue weighted by molar-refractivity contribution is 5.18. The quantitative estimate of drug-likeness (QED) is 0.816. The van der Waals surface area contributed by atoms with Crippen molar-refractivity contribution in [3.8, 4) is 0 Å². The van der Waals surface area contributed by atoms with Crippen LogP contribution in [0.5, 0.6) is 0 Å². The molecule has 88 valence electrons. The third-order valence-corrected chi connectivity index (χ3v) is 3.50. The first kappa shape index (κ1) is 11.6. The molecule has 0 bridgehead atoms. The van der Waals surface area contributed by atoms with Gasteiger partial charge in [0, 0.05) is 24.0 Å². The molecule has 1 fully saturated rings. The van der Waals surface area contributed by atoms with E-state index in [1.54, 1.807) is 12.4 Å². The summed E-state index contributed by atoms with van der Waals surface area (Å²) in [6.07, 6.45) is 7.27. The molecule has 3 nitrogen and oxygen atoms in total. The van der Waals surface area contributed by atoms with Gasteiger partial charge in [0.05, 0.1) is 5.60 Å². The van der Waals surface area contributed by atoms with Gasteiger partial charge < -0.3 is 10.4 Å². The van der Waals surface area contributed by atoms with E-state index in [0.29, 0.717) is 6.04 Å². The molecule has 3 heteroatoms. The first-order valence-electron chi connectivity index (χ1n) is 6.11. The fourth-order valence-electron chi connectivity index (χ4n) is 2.51. The van der Waals surface area contributed by atoms with Gasteiger partial charge in [-0.2, -0.15) is 0 Å². The second-order valence-electron chi connectivity index (χ2n) is 4.61. The van der Waals surface area contributed by atoms with Crippen LogP contribution in [0.25, 0.3) is 0 Å². The molecule has 1 aromatic rings. The molecule has 0 aliphatic heterocycles. The third-order valence-electron chi connectivity index (χ3n) is 3.50. The number of hydrogen-bond acceptors (Lipinski definition) is 3. The Bertz CT molecular complexity index is 318. The molecule has 0 spiro atoms. The minimum Gasteiger partial charge on any atom is -0.385 e. The summed E-state index contributed by atoms with van der Waals surface area (Å²) in [5.41, 5.74) is 0.310. The minimum atomic E-state index is -0.653. The summed E-state index contributed by atoms with van der Waals surface area (Å²) in [7, 11) is 0. The second kappa shape index (κ2) is 4.93. The van der Waals surface area contributed by atoms with Crippen LogP contribution in [0.3, 0.4) is 0 Å². The highest BCUT2D eigenvalue weighted by atomic mass is 16.3. The molecule has 0 unspecified atom stereocenters. The van der Waals surface area contributed by atoms with Crippen LogP contribution in [0.4, 0.5) is 0 Å². The van der Waals surface area contributed by atoms with Crippen molar-refractivity contribution in [1.82, 2.24) is 10.3 Å². The van der Waals surface area contributed by atoms with Crippen molar-refractivity contribution >= 4 is 0 Å². The molecule has 1 aliphatic carbocycles. The summed E-state index contributed by atoms with van der Waals surface area (Å²) in [6, 6.07) is 4.44. The van der Waals surface area contributed by atoms with Gasteiger partial charge >= 0.3 is 0 Å². The van der Waals surface area contributed by atoms with Crippen LogP contribution in [-0.2, 0) is 5.60 Å². The van der Waals surface area contributed by atoms with Crippen LogP contribution in [0.1, 0.15) is 38.2 Å². The van der Waals surface area contributed by atoms with Crippen molar-refractivity contribution in [3.63, 3.8) is 0 Å². The van der Waals surface area contributed by atoms with Crippen molar-refractivity contribution in [2.24, 2.45) is 0 Å². The zero-order valence-electron chi connectivity index (χ0n) is 9.82. The van der Waals surface area contributed by atoms with Gasteiger partial charge in [-0.25, -0.2) is 0 Å². The Morgan fingerprint density at radius 1 is 1.50 bits per heavy atom. The summed E-state index contributed by atoms with van der Waals surface area (Å²) in [4.78, 5) is 4.08. The van der Waals surface area contributed by atoms with Gasteiger partial charge in [0.25, 0.3) is 0 Å². The zero-order valence-corrected chi connectivity index (χ0v) is 9.82. The number of rotatable bonds is 3. The largest absolute Gasteiger partial charge is 0.385 e. The van der Waals surface area contributed by atoms with E-state index < -0.39 is 5.60 Å².